The van der Waals surface area contributed by atoms with Gasteiger partial charge in [-0.05, 0) is 12.8 Å². The van der Waals surface area contributed by atoms with Crippen molar-refractivity contribution >= 4 is 0 Å². The van der Waals surface area contributed by atoms with Crippen molar-refractivity contribution in [3.05, 3.63) is 0 Å². The quantitative estimate of drug-likeness (QED) is 0.0672. The Hall–Kier alpha value is 2.11. The molecular weight excluding hydrogens is 1500 g/mol. The summed E-state index contributed by atoms with van der Waals surface area (Å²) in [6.07, 6.45) is 4.45. The zero-order valence-corrected chi connectivity index (χ0v) is 65.0. The van der Waals surface area contributed by atoms with Crippen molar-refractivity contribution < 1.29 is 241 Å². The van der Waals surface area contributed by atoms with Gasteiger partial charge in [-0.3, -0.25) is 0 Å². The first-order valence-electron chi connectivity index (χ1n) is 33.8. The minimum Gasteiger partial charge on any atom is -0.388 e. The largest absolute Gasteiger partial charge is 0.388 e. The first-order valence-corrected chi connectivity index (χ1v) is 33.8. The number of aliphatic hydroxyl groups is 2. The minimum atomic E-state index is -0.885. The molecule has 549 valence electrons. The van der Waals surface area contributed by atoms with Gasteiger partial charge in [-0.15, -0.1) is 0 Å². The van der Waals surface area contributed by atoms with Crippen LogP contribution in [0.2, 0.25) is 0 Å². The number of epoxide rings is 14. The van der Waals surface area contributed by atoms with Gasteiger partial charge in [0.1, 0.15) is 109 Å². The SMILES string of the molecule is C(OCC(COCC1CO1)(COCC1CO1)COCC1CO1)C1CO1.C(OCC1CO1)C(COCC1CO1)OCC1CO1.CCC(COCC1CO1)(COCC1CO1)OCC1CO1.CCC(O)(COCC1CO1)COCC1CO1.OC(COCC1CO1)COCC1CO1.[Y].[Y].[Y]. The zero-order valence-electron chi connectivity index (χ0n) is 56.5. The fraction of sp³-hybridized carbons (Fsp3) is 1.00. The van der Waals surface area contributed by atoms with Gasteiger partial charge in [0.15, 0.2) is 0 Å². The molecule has 0 amide bonds. The van der Waals surface area contributed by atoms with E-state index in [1.165, 1.54) is 0 Å². The second-order valence-electron chi connectivity index (χ2n) is 26.2. The molecule has 0 aromatic rings. The van der Waals surface area contributed by atoms with E-state index in [1.54, 1.807) is 0 Å². The smallest absolute Gasteiger partial charge is 0.114 e. The van der Waals surface area contributed by atoms with Crippen molar-refractivity contribution in [2.24, 2.45) is 5.41 Å². The summed E-state index contributed by atoms with van der Waals surface area (Å²) in [6.45, 7) is 29.0. The fourth-order valence-corrected chi connectivity index (χ4v) is 8.41. The van der Waals surface area contributed by atoms with Gasteiger partial charge in [0.25, 0.3) is 0 Å². The van der Waals surface area contributed by atoms with Gasteiger partial charge < -0.3 is 143 Å². The maximum absolute atomic E-state index is 10.2. The molecule has 14 aliphatic heterocycles. The van der Waals surface area contributed by atoms with Gasteiger partial charge in [0, 0.05) is 98.1 Å². The van der Waals surface area contributed by atoms with Gasteiger partial charge in [0.2, 0.25) is 0 Å². The average molecular weight is 1610 g/mol. The van der Waals surface area contributed by atoms with E-state index in [0.29, 0.717) is 178 Å². The normalized spacial score (nSPS) is 32.2. The van der Waals surface area contributed by atoms with Crippen LogP contribution in [0.3, 0.4) is 0 Å². The van der Waals surface area contributed by atoms with E-state index in [-0.39, 0.29) is 195 Å². The molecule has 0 spiro atoms. The van der Waals surface area contributed by atoms with Gasteiger partial charge >= 0.3 is 0 Å². The maximum atomic E-state index is 10.2. The summed E-state index contributed by atoms with van der Waals surface area (Å²) in [5.41, 5.74) is -1.63. The molecule has 0 aromatic carbocycles. The van der Waals surface area contributed by atoms with E-state index in [1.807, 2.05) is 6.92 Å². The summed E-state index contributed by atoms with van der Waals surface area (Å²) in [7, 11) is 0. The summed E-state index contributed by atoms with van der Waals surface area (Å²) in [5, 5.41) is 19.5. The number of hydrogen-bond donors (Lipinski definition) is 2. The average Bonchev–Trinajstić information content (AvgIpc) is 2.42. The van der Waals surface area contributed by atoms with Crippen molar-refractivity contribution in [3.63, 3.8) is 0 Å². The van der Waals surface area contributed by atoms with Crippen molar-refractivity contribution in [2.45, 2.75) is 136 Å². The van der Waals surface area contributed by atoms with Gasteiger partial charge in [0.05, 0.1) is 270 Å². The topological polar surface area (TPSA) is 345 Å². The maximum Gasteiger partial charge on any atom is 0.114 e. The summed E-state index contributed by atoms with van der Waals surface area (Å²) in [4.78, 5) is 0. The van der Waals surface area contributed by atoms with Crippen LogP contribution in [0.5, 0.6) is 0 Å². The van der Waals surface area contributed by atoms with Crippen LogP contribution >= 0.6 is 0 Å². The summed E-state index contributed by atoms with van der Waals surface area (Å²) in [6, 6.07) is 0. The molecule has 0 aromatic heterocycles. The van der Waals surface area contributed by atoms with Crippen LogP contribution in [0.1, 0.15) is 26.7 Å². The molecule has 14 saturated heterocycles. The van der Waals surface area contributed by atoms with Crippen LogP contribution in [-0.2, 0) is 231 Å². The zero-order chi connectivity index (χ0) is 64.2. The molecule has 33 heteroatoms. The first-order chi connectivity index (χ1) is 45.6. The molecule has 14 heterocycles. The van der Waals surface area contributed by atoms with E-state index in [4.69, 9.17) is 133 Å². The van der Waals surface area contributed by atoms with Crippen molar-refractivity contribution in [1.82, 2.24) is 0 Å². The Morgan fingerprint density at radius 1 is 0.292 bits per heavy atom. The molecule has 30 nitrogen and oxygen atoms in total. The Labute approximate surface area is 640 Å². The summed E-state index contributed by atoms with van der Waals surface area (Å²) in [5.74, 6) is 0. The molecular formula is C63H108O30Y3. The van der Waals surface area contributed by atoms with Gasteiger partial charge in [-0.1, -0.05) is 13.8 Å². The number of ether oxygens (including phenoxy) is 28. The molecule has 14 unspecified atom stereocenters. The minimum absolute atomic E-state index is 0. The Kier molecular flexibility index (Phi) is 41.8. The van der Waals surface area contributed by atoms with E-state index in [0.717, 1.165) is 98.9 Å². The molecule has 0 saturated carbocycles. The molecule has 14 fully saturated rings. The van der Waals surface area contributed by atoms with Crippen LogP contribution in [0.4, 0.5) is 0 Å². The summed E-state index contributed by atoms with van der Waals surface area (Å²) >= 11 is 0. The Balaban J connectivity index is 0.000000170. The second kappa shape index (κ2) is 47.0. The Bertz CT molecular complexity index is 1820. The molecule has 14 aliphatic rings. The van der Waals surface area contributed by atoms with E-state index in [2.05, 4.69) is 6.92 Å². The molecule has 0 aliphatic carbocycles. The van der Waals surface area contributed by atoms with Crippen molar-refractivity contribution in [3.8, 4) is 0 Å². The Morgan fingerprint density at radius 2 is 0.510 bits per heavy atom. The van der Waals surface area contributed by atoms with Crippen molar-refractivity contribution in [1.29, 1.82) is 0 Å². The van der Waals surface area contributed by atoms with E-state index >= 15 is 0 Å². The predicted molar refractivity (Wildman–Crippen MR) is 319 cm³/mol. The second-order valence-corrected chi connectivity index (χ2v) is 26.2. The van der Waals surface area contributed by atoms with Crippen LogP contribution in [0, 0.1) is 5.41 Å². The molecule has 96 heavy (non-hydrogen) atoms. The number of aliphatic hydroxyl groups excluding tert-OH is 1. The van der Waals surface area contributed by atoms with Crippen LogP contribution in [0.25, 0.3) is 0 Å². The van der Waals surface area contributed by atoms with Gasteiger partial charge in [-0.25, -0.2) is 0 Å². The predicted octanol–water partition coefficient (Wildman–Crippen LogP) is -1.25. The van der Waals surface area contributed by atoms with Gasteiger partial charge in [-0.2, -0.15) is 0 Å². The monoisotopic (exact) mass is 1610 g/mol. The Morgan fingerprint density at radius 3 is 0.760 bits per heavy atom. The van der Waals surface area contributed by atoms with E-state index < -0.39 is 17.3 Å². The van der Waals surface area contributed by atoms with Crippen LogP contribution in [-0.4, -0.2) is 383 Å². The molecule has 0 bridgehead atoms. The fourth-order valence-electron chi connectivity index (χ4n) is 8.41. The third-order valence-electron chi connectivity index (χ3n) is 16.0. The summed E-state index contributed by atoms with van der Waals surface area (Å²) < 4.78 is 151. The van der Waals surface area contributed by atoms with E-state index in [9.17, 15) is 10.2 Å². The number of hydrogen-bond acceptors (Lipinski definition) is 30. The van der Waals surface area contributed by atoms with Crippen LogP contribution < -0.4 is 0 Å². The van der Waals surface area contributed by atoms with Crippen molar-refractivity contribution in [2.75, 3.05) is 264 Å². The number of rotatable bonds is 56. The molecule has 14 atom stereocenters. The molecule has 14 rings (SSSR count). The third kappa shape index (κ3) is 43.7. The standard InChI is InChI=1S/C17H28O8.C14H24O6.C12H20O6.C11H20O5.C9H16O5.3Y/c1(13-5-22-13)18-9-17(10-19-2-14-6-23-14,11-20-3-15-7-24-15)12-21-4-16-8-25-16;1-2-14(20-8-13-7-19-13,9-15-3-11-5-17-11)10-16-4-12-6-18-12;1(13-3-10-5-16-10)9(15-7-12-8-18-12)2-14-4-11-6-17-11;1-2-11(12,7-13-3-9-5-15-9)8-14-4-10-6-16-10;10-7(1-11-3-8-5-13-8)2-12-4-9-6-14-9;;;/h13-16H,1-12H2;11-13H,2-10H2,1H3;9-12H,1-8H2;9-10,12H,2-8H2,1H3;7-10H,1-6H2;;;. The first kappa shape index (κ1) is 85.4. The molecule has 2 N–H and O–H groups in total. The molecule has 3 radical (unpaired) electrons. The third-order valence-corrected chi connectivity index (χ3v) is 16.0. The van der Waals surface area contributed by atoms with Crippen LogP contribution in [0.15, 0.2) is 0 Å².